The second kappa shape index (κ2) is 9.21. The van der Waals surface area contributed by atoms with E-state index in [0.717, 1.165) is 11.6 Å². The Labute approximate surface area is 148 Å². The van der Waals surface area contributed by atoms with Gasteiger partial charge in [-0.05, 0) is 18.1 Å². The number of benzene rings is 2. The van der Waals surface area contributed by atoms with Gasteiger partial charge >= 0.3 is 6.09 Å². The molecule has 2 aromatic carbocycles. The van der Waals surface area contributed by atoms with E-state index < -0.39 is 41.3 Å². The number of ether oxygens (including phenoxy) is 1. The lowest BCUT2D eigenvalue weighted by molar-refractivity contribution is 0.0111. The van der Waals surface area contributed by atoms with Crippen molar-refractivity contribution >= 4 is 6.09 Å². The molecular weight excluding hydrogens is 351 g/mol. The van der Waals surface area contributed by atoms with Gasteiger partial charge in [0.05, 0.1) is 6.10 Å². The highest BCUT2D eigenvalue weighted by Gasteiger charge is 2.24. The first-order chi connectivity index (χ1) is 12.4. The van der Waals surface area contributed by atoms with Crippen molar-refractivity contribution < 1.29 is 32.9 Å². The van der Waals surface area contributed by atoms with Gasteiger partial charge in [0.25, 0.3) is 0 Å². The number of amides is 1. The summed E-state index contributed by atoms with van der Waals surface area (Å²) in [6.45, 7) is -0.00490. The predicted molar refractivity (Wildman–Crippen MR) is 86.5 cm³/mol. The van der Waals surface area contributed by atoms with Crippen molar-refractivity contribution in [3.63, 3.8) is 0 Å². The quantitative estimate of drug-likeness (QED) is 0.656. The van der Waals surface area contributed by atoms with E-state index >= 15 is 0 Å². The van der Waals surface area contributed by atoms with E-state index in [1.165, 1.54) is 0 Å². The highest BCUT2D eigenvalue weighted by Crippen LogP contribution is 2.24. The summed E-state index contributed by atoms with van der Waals surface area (Å²) in [5.74, 6) is -4.68. The summed E-state index contributed by atoms with van der Waals surface area (Å²) in [6, 6.07) is 10.5. The molecule has 0 radical (unpaired) electrons. The van der Waals surface area contributed by atoms with Gasteiger partial charge in [0.15, 0.2) is 17.5 Å². The second-order valence-electron chi connectivity index (χ2n) is 5.55. The van der Waals surface area contributed by atoms with Gasteiger partial charge in [0.2, 0.25) is 0 Å². The molecule has 0 fully saturated rings. The van der Waals surface area contributed by atoms with Crippen LogP contribution in [0.2, 0.25) is 0 Å². The van der Waals surface area contributed by atoms with Crippen LogP contribution < -0.4 is 5.32 Å². The minimum absolute atomic E-state index is 0.0674. The van der Waals surface area contributed by atoms with Crippen molar-refractivity contribution in [2.24, 2.45) is 0 Å². The number of rotatable bonds is 7. The number of nitrogens with one attached hydrogen (secondary N) is 1. The summed E-state index contributed by atoms with van der Waals surface area (Å²) in [6.07, 6.45) is -4.15. The smallest absolute Gasteiger partial charge is 0.407 e. The van der Waals surface area contributed by atoms with Crippen LogP contribution in [-0.4, -0.2) is 29.0 Å². The van der Waals surface area contributed by atoms with E-state index in [1.807, 2.05) is 6.07 Å². The average molecular weight is 369 g/mol. The minimum Gasteiger partial charge on any atom is -0.445 e. The van der Waals surface area contributed by atoms with Gasteiger partial charge in [-0.15, -0.1) is 0 Å². The lowest BCUT2D eigenvalue weighted by Gasteiger charge is -2.19. The van der Waals surface area contributed by atoms with Crippen LogP contribution >= 0.6 is 0 Å². The van der Waals surface area contributed by atoms with Crippen molar-refractivity contribution in [2.75, 3.05) is 6.54 Å². The number of alkyl carbamates (subject to hydrolysis) is 1. The molecule has 0 saturated carbocycles. The van der Waals surface area contributed by atoms with E-state index in [0.29, 0.717) is 6.07 Å². The number of halogens is 3. The van der Waals surface area contributed by atoms with Gasteiger partial charge in [-0.2, -0.15) is 0 Å². The van der Waals surface area contributed by atoms with E-state index in [1.54, 1.807) is 24.3 Å². The second-order valence-corrected chi connectivity index (χ2v) is 5.55. The maximum atomic E-state index is 13.6. The Morgan fingerprint density at radius 1 is 1.04 bits per heavy atom. The number of hydrogen-bond acceptors (Lipinski definition) is 4. The van der Waals surface area contributed by atoms with E-state index in [9.17, 15) is 28.2 Å². The van der Waals surface area contributed by atoms with Gasteiger partial charge in [-0.3, -0.25) is 0 Å². The van der Waals surface area contributed by atoms with Crippen LogP contribution in [0.5, 0.6) is 0 Å². The topological polar surface area (TPSA) is 78.8 Å². The Balaban J connectivity index is 1.78. The molecule has 3 N–H and O–H groups in total. The largest absolute Gasteiger partial charge is 0.445 e. The molecule has 1 amide bonds. The molecule has 0 spiro atoms. The third-order valence-corrected chi connectivity index (χ3v) is 3.67. The zero-order chi connectivity index (χ0) is 19.1. The average Bonchev–Trinajstić information content (AvgIpc) is 2.65. The molecule has 2 unspecified atom stereocenters. The first kappa shape index (κ1) is 19.7. The molecule has 5 nitrogen and oxygen atoms in total. The predicted octanol–water partition coefficient (Wildman–Crippen LogP) is 2.81. The lowest BCUT2D eigenvalue weighted by Crippen LogP contribution is -2.30. The highest BCUT2D eigenvalue weighted by atomic mass is 19.2. The number of hydrogen-bond donors (Lipinski definition) is 3. The third-order valence-electron chi connectivity index (χ3n) is 3.67. The SMILES string of the molecule is O=C(NCCC(O)C(O)c1ccc(F)c(F)c1F)OCc1ccccc1. The Hall–Kier alpha value is -2.58. The molecule has 2 aromatic rings. The molecule has 26 heavy (non-hydrogen) atoms. The molecule has 0 aliphatic heterocycles. The van der Waals surface area contributed by atoms with Crippen molar-refractivity contribution in [1.29, 1.82) is 0 Å². The molecular formula is C18H18F3NO4. The summed E-state index contributed by atoms with van der Waals surface area (Å²) in [4.78, 5) is 11.5. The zero-order valence-electron chi connectivity index (χ0n) is 13.7. The monoisotopic (exact) mass is 369 g/mol. The van der Waals surface area contributed by atoms with E-state index in [4.69, 9.17) is 4.74 Å². The Morgan fingerprint density at radius 3 is 2.42 bits per heavy atom. The normalized spacial score (nSPS) is 13.1. The van der Waals surface area contributed by atoms with Crippen LogP contribution in [0.25, 0.3) is 0 Å². The fourth-order valence-electron chi connectivity index (χ4n) is 2.23. The van der Waals surface area contributed by atoms with E-state index in [2.05, 4.69) is 5.32 Å². The fourth-order valence-corrected chi connectivity index (χ4v) is 2.23. The fraction of sp³-hybridized carbons (Fsp3) is 0.278. The Morgan fingerprint density at radius 2 is 1.73 bits per heavy atom. The van der Waals surface area contributed by atoms with Crippen molar-refractivity contribution in [2.45, 2.75) is 25.2 Å². The summed E-state index contributed by atoms with van der Waals surface area (Å²) in [7, 11) is 0. The van der Waals surface area contributed by atoms with Crippen LogP contribution in [0.15, 0.2) is 42.5 Å². The minimum atomic E-state index is -1.77. The zero-order valence-corrected chi connectivity index (χ0v) is 13.7. The molecule has 0 aromatic heterocycles. The van der Waals surface area contributed by atoms with Gasteiger partial charge < -0.3 is 20.3 Å². The molecule has 0 bridgehead atoms. The van der Waals surface area contributed by atoms with Crippen LogP contribution in [0.3, 0.4) is 0 Å². The Bertz CT molecular complexity index is 743. The number of aliphatic hydroxyl groups is 2. The first-order valence-corrected chi connectivity index (χ1v) is 7.84. The van der Waals surface area contributed by atoms with Crippen LogP contribution in [0, 0.1) is 17.5 Å². The third kappa shape index (κ3) is 5.21. The molecule has 0 aliphatic rings. The number of carbonyl (C=O) groups is 1. The van der Waals surface area contributed by atoms with Crippen molar-refractivity contribution in [3.05, 3.63) is 71.0 Å². The molecule has 0 saturated heterocycles. The maximum absolute atomic E-state index is 13.6. The highest BCUT2D eigenvalue weighted by molar-refractivity contribution is 5.67. The summed E-state index contributed by atoms with van der Waals surface area (Å²) in [5, 5.41) is 22.1. The van der Waals surface area contributed by atoms with Gasteiger partial charge in [-0.25, -0.2) is 18.0 Å². The summed E-state index contributed by atoms with van der Waals surface area (Å²) in [5.41, 5.74) is 0.231. The van der Waals surface area contributed by atoms with Crippen LogP contribution in [-0.2, 0) is 11.3 Å². The Kier molecular flexibility index (Phi) is 6.99. The summed E-state index contributed by atoms with van der Waals surface area (Å²) < 4.78 is 44.6. The van der Waals surface area contributed by atoms with Gasteiger partial charge in [-0.1, -0.05) is 36.4 Å². The number of carbonyl (C=O) groups excluding carboxylic acids is 1. The first-order valence-electron chi connectivity index (χ1n) is 7.84. The van der Waals surface area contributed by atoms with Gasteiger partial charge in [0, 0.05) is 12.1 Å². The molecule has 0 aliphatic carbocycles. The lowest BCUT2D eigenvalue weighted by atomic mass is 10.0. The number of aliphatic hydroxyl groups excluding tert-OH is 2. The molecule has 140 valence electrons. The summed E-state index contributed by atoms with van der Waals surface area (Å²) >= 11 is 0. The standard InChI is InChI=1S/C18H18F3NO4/c19-13-7-6-12(15(20)16(13)21)17(24)14(23)8-9-22-18(25)26-10-11-4-2-1-3-5-11/h1-7,14,17,23-24H,8-10H2,(H,22,25). The van der Waals surface area contributed by atoms with Gasteiger partial charge in [0.1, 0.15) is 12.7 Å². The van der Waals surface area contributed by atoms with Crippen LogP contribution in [0.1, 0.15) is 23.7 Å². The van der Waals surface area contributed by atoms with Crippen LogP contribution in [0.4, 0.5) is 18.0 Å². The molecule has 2 rings (SSSR count). The van der Waals surface area contributed by atoms with Crippen molar-refractivity contribution in [3.8, 4) is 0 Å². The maximum Gasteiger partial charge on any atom is 0.407 e. The van der Waals surface area contributed by atoms with E-state index in [-0.39, 0.29) is 19.6 Å². The molecule has 8 heteroatoms. The molecule has 2 atom stereocenters. The molecule has 0 heterocycles. The van der Waals surface area contributed by atoms with Crippen molar-refractivity contribution in [1.82, 2.24) is 5.32 Å².